The van der Waals surface area contributed by atoms with Crippen LogP contribution in [0.25, 0.3) is 0 Å². The first-order valence-electron chi connectivity index (χ1n) is 7.43. The maximum absolute atomic E-state index is 12.8. The highest BCUT2D eigenvalue weighted by Gasteiger charge is 2.16. The predicted octanol–water partition coefficient (Wildman–Crippen LogP) is 3.60. The van der Waals surface area contributed by atoms with Gasteiger partial charge >= 0.3 is 0 Å². The number of halogens is 2. The highest BCUT2D eigenvalue weighted by atomic mass is 35.5. The van der Waals surface area contributed by atoms with Crippen LogP contribution >= 0.6 is 22.9 Å². The summed E-state index contributed by atoms with van der Waals surface area (Å²) in [6.07, 6.45) is 0.0638. The first kappa shape index (κ1) is 19.1. The van der Waals surface area contributed by atoms with Gasteiger partial charge in [-0.05, 0) is 36.4 Å². The molecule has 0 spiro atoms. The lowest BCUT2D eigenvalue weighted by Gasteiger charge is -2.16. The van der Waals surface area contributed by atoms with E-state index in [1.165, 1.54) is 47.5 Å². The van der Waals surface area contributed by atoms with Gasteiger partial charge in [0.15, 0.2) is 5.78 Å². The van der Waals surface area contributed by atoms with Crippen molar-refractivity contribution in [2.45, 2.75) is 12.8 Å². The highest BCUT2D eigenvalue weighted by Crippen LogP contribution is 2.23. The van der Waals surface area contributed by atoms with Crippen LogP contribution < -0.4 is 5.32 Å². The first-order chi connectivity index (χ1) is 11.8. The third-order valence-corrected chi connectivity index (χ3v) is 4.62. The van der Waals surface area contributed by atoms with Crippen molar-refractivity contribution in [2.24, 2.45) is 0 Å². The zero-order chi connectivity index (χ0) is 18.4. The second-order valence-corrected chi connectivity index (χ2v) is 7.05. The van der Waals surface area contributed by atoms with E-state index in [1.54, 1.807) is 12.1 Å². The number of likely N-dealkylation sites (N-methyl/N-ethyl adjacent to an activating group) is 1. The van der Waals surface area contributed by atoms with E-state index >= 15 is 0 Å². The van der Waals surface area contributed by atoms with Gasteiger partial charge in [-0.1, -0.05) is 11.6 Å². The Morgan fingerprint density at radius 1 is 1.12 bits per heavy atom. The van der Waals surface area contributed by atoms with Gasteiger partial charge < -0.3 is 10.2 Å². The molecule has 2 rings (SSSR count). The molecule has 0 radical (unpaired) electrons. The molecule has 25 heavy (non-hydrogen) atoms. The van der Waals surface area contributed by atoms with Crippen LogP contribution in [0.2, 0.25) is 4.34 Å². The van der Waals surface area contributed by atoms with Gasteiger partial charge in [-0.3, -0.25) is 14.4 Å². The van der Waals surface area contributed by atoms with E-state index in [4.69, 9.17) is 11.6 Å². The largest absolute Gasteiger partial charge is 0.336 e. The second-order valence-electron chi connectivity index (χ2n) is 5.33. The van der Waals surface area contributed by atoms with Crippen molar-refractivity contribution in [3.8, 4) is 0 Å². The fraction of sp³-hybridized carbons (Fsp3) is 0.235. The Kier molecular flexibility index (Phi) is 6.66. The van der Waals surface area contributed by atoms with Gasteiger partial charge in [-0.15, -0.1) is 11.3 Å². The smallest absolute Gasteiger partial charge is 0.243 e. The number of amides is 2. The molecule has 0 saturated heterocycles. The topological polar surface area (TPSA) is 66.5 Å². The summed E-state index contributed by atoms with van der Waals surface area (Å²) in [6, 6.07) is 8.58. The molecule has 0 aliphatic rings. The molecule has 1 aromatic heterocycles. The minimum absolute atomic E-state index is 0.00861. The summed E-state index contributed by atoms with van der Waals surface area (Å²) in [5.74, 6) is -1.28. The number of hydrogen-bond acceptors (Lipinski definition) is 4. The Hall–Kier alpha value is -2.25. The maximum Gasteiger partial charge on any atom is 0.243 e. The van der Waals surface area contributed by atoms with Crippen LogP contribution in [0.15, 0.2) is 36.4 Å². The summed E-state index contributed by atoms with van der Waals surface area (Å²) in [5.41, 5.74) is 0.442. The van der Waals surface area contributed by atoms with Crippen molar-refractivity contribution in [3.63, 3.8) is 0 Å². The zero-order valence-electron chi connectivity index (χ0n) is 13.4. The summed E-state index contributed by atoms with van der Waals surface area (Å²) in [6.45, 7) is -0.158. The summed E-state index contributed by atoms with van der Waals surface area (Å²) in [7, 11) is 1.49. The van der Waals surface area contributed by atoms with Gasteiger partial charge in [0.1, 0.15) is 5.82 Å². The minimum Gasteiger partial charge on any atom is -0.336 e. The molecule has 0 saturated carbocycles. The molecule has 2 aromatic rings. The fourth-order valence-electron chi connectivity index (χ4n) is 2.04. The molecule has 2 amide bonds. The van der Waals surface area contributed by atoms with Gasteiger partial charge in [0.05, 0.1) is 15.8 Å². The lowest BCUT2D eigenvalue weighted by atomic mass is 10.2. The lowest BCUT2D eigenvalue weighted by Crippen LogP contribution is -2.35. The van der Waals surface area contributed by atoms with Gasteiger partial charge in [-0.2, -0.15) is 0 Å². The van der Waals surface area contributed by atoms with Crippen LogP contribution in [0.3, 0.4) is 0 Å². The van der Waals surface area contributed by atoms with Crippen LogP contribution in [0, 0.1) is 5.82 Å². The maximum atomic E-state index is 12.8. The first-order valence-corrected chi connectivity index (χ1v) is 8.62. The number of anilines is 1. The molecular formula is C17H16ClFN2O3S. The second kappa shape index (κ2) is 8.73. The van der Waals surface area contributed by atoms with E-state index in [-0.39, 0.29) is 31.1 Å². The van der Waals surface area contributed by atoms with E-state index < -0.39 is 11.7 Å². The van der Waals surface area contributed by atoms with Crippen molar-refractivity contribution in [1.29, 1.82) is 0 Å². The Bertz CT molecular complexity index is 776. The summed E-state index contributed by atoms with van der Waals surface area (Å²) >= 11 is 6.94. The molecule has 0 bridgehead atoms. The molecule has 1 N–H and O–H groups in total. The molecular weight excluding hydrogens is 367 g/mol. The van der Waals surface area contributed by atoms with Crippen LogP contribution in [0.4, 0.5) is 10.1 Å². The van der Waals surface area contributed by atoms with Crippen molar-refractivity contribution < 1.29 is 18.8 Å². The lowest BCUT2D eigenvalue weighted by molar-refractivity contribution is -0.133. The van der Waals surface area contributed by atoms with Crippen LogP contribution in [-0.2, 0) is 9.59 Å². The number of ketones is 1. The number of benzene rings is 1. The molecule has 1 aromatic carbocycles. The van der Waals surface area contributed by atoms with E-state index in [0.29, 0.717) is 14.9 Å². The van der Waals surface area contributed by atoms with E-state index in [1.807, 2.05) is 0 Å². The molecule has 0 aliphatic carbocycles. The quantitative estimate of drug-likeness (QED) is 0.744. The van der Waals surface area contributed by atoms with Crippen molar-refractivity contribution in [1.82, 2.24) is 4.90 Å². The summed E-state index contributed by atoms with van der Waals surface area (Å²) < 4.78 is 13.3. The molecule has 1 heterocycles. The van der Waals surface area contributed by atoms with Gasteiger partial charge in [0, 0.05) is 25.6 Å². The van der Waals surface area contributed by atoms with Crippen molar-refractivity contribution >= 4 is 46.2 Å². The SMILES string of the molecule is CN(CC(=O)Nc1ccc(F)cc1)C(=O)CCC(=O)c1ccc(Cl)s1. The number of thiophene rings is 1. The Morgan fingerprint density at radius 3 is 2.40 bits per heavy atom. The number of carbonyl (C=O) groups excluding carboxylic acids is 3. The summed E-state index contributed by atoms with van der Waals surface area (Å²) in [4.78, 5) is 37.6. The van der Waals surface area contributed by atoms with Gasteiger partial charge in [0.2, 0.25) is 11.8 Å². The average Bonchev–Trinajstić information content (AvgIpc) is 3.00. The number of nitrogens with one attached hydrogen (secondary N) is 1. The van der Waals surface area contributed by atoms with Crippen LogP contribution in [0.5, 0.6) is 0 Å². The third kappa shape index (κ3) is 5.95. The molecule has 8 heteroatoms. The molecule has 0 atom stereocenters. The standard InChI is InChI=1S/C17H16ClFN2O3S/c1-21(10-16(23)20-12-4-2-11(19)3-5-12)17(24)9-6-13(22)14-7-8-15(18)25-14/h2-5,7-8H,6,9-10H2,1H3,(H,20,23). The Labute approximate surface area is 153 Å². The molecule has 0 fully saturated rings. The molecule has 0 aliphatic heterocycles. The normalized spacial score (nSPS) is 10.4. The monoisotopic (exact) mass is 382 g/mol. The Balaban J connectivity index is 1.78. The number of nitrogens with zero attached hydrogens (tertiary/aromatic N) is 1. The number of hydrogen-bond donors (Lipinski definition) is 1. The summed E-state index contributed by atoms with van der Waals surface area (Å²) in [5, 5.41) is 2.57. The van der Waals surface area contributed by atoms with Crippen molar-refractivity contribution in [2.75, 3.05) is 18.9 Å². The number of rotatable bonds is 7. The molecule has 0 unspecified atom stereocenters. The molecule has 132 valence electrons. The third-order valence-electron chi connectivity index (χ3n) is 3.35. The van der Waals surface area contributed by atoms with Crippen molar-refractivity contribution in [3.05, 3.63) is 51.4 Å². The number of carbonyl (C=O) groups is 3. The van der Waals surface area contributed by atoms with Crippen LogP contribution in [-0.4, -0.2) is 36.1 Å². The Morgan fingerprint density at radius 2 is 1.80 bits per heavy atom. The van der Waals surface area contributed by atoms with E-state index in [2.05, 4.69) is 5.32 Å². The fourth-order valence-corrected chi connectivity index (χ4v) is 3.05. The minimum atomic E-state index is -0.404. The van der Waals surface area contributed by atoms with Gasteiger partial charge in [0.25, 0.3) is 0 Å². The van der Waals surface area contributed by atoms with E-state index in [9.17, 15) is 18.8 Å². The highest BCUT2D eigenvalue weighted by molar-refractivity contribution is 7.18. The van der Waals surface area contributed by atoms with Gasteiger partial charge in [-0.25, -0.2) is 4.39 Å². The van der Waals surface area contributed by atoms with E-state index in [0.717, 1.165) is 0 Å². The average molecular weight is 383 g/mol. The zero-order valence-corrected chi connectivity index (χ0v) is 15.0. The number of Topliss-reactive ketones (excluding diaryl/α,β-unsaturated/α-hetero) is 1. The van der Waals surface area contributed by atoms with Crippen LogP contribution in [0.1, 0.15) is 22.5 Å². The molecule has 5 nitrogen and oxygen atoms in total. The predicted molar refractivity (Wildman–Crippen MR) is 95.6 cm³/mol.